The smallest absolute Gasteiger partial charge is 0.240 e. The van der Waals surface area contributed by atoms with Gasteiger partial charge in [-0.05, 0) is 67.2 Å². The summed E-state index contributed by atoms with van der Waals surface area (Å²) in [6.45, 7) is 9.36. The van der Waals surface area contributed by atoms with Crippen molar-refractivity contribution < 1.29 is 4.43 Å². The molecule has 312 valence electrons. The summed E-state index contributed by atoms with van der Waals surface area (Å²) in [7, 11) is -1.72. The van der Waals surface area contributed by atoms with Crippen molar-refractivity contribution in [1.29, 1.82) is 0 Å². The third kappa shape index (κ3) is 28.2. The Morgan fingerprint density at radius 1 is 0.418 bits per heavy atom. The average molecular weight is 771 g/mol. The molecule has 55 heavy (non-hydrogen) atoms. The van der Waals surface area contributed by atoms with Gasteiger partial charge in [0.25, 0.3) is 0 Å². The summed E-state index contributed by atoms with van der Waals surface area (Å²) in [5, 5.41) is 2.77. The van der Waals surface area contributed by atoms with E-state index in [9.17, 15) is 0 Å². The van der Waals surface area contributed by atoms with Crippen LogP contribution in [0.25, 0.3) is 0 Å². The van der Waals surface area contributed by atoms with Crippen molar-refractivity contribution in [2.75, 3.05) is 0 Å². The normalized spacial score (nSPS) is 12.8. The highest BCUT2D eigenvalue weighted by atomic mass is 28.3. The molecule has 2 aromatic carbocycles. The van der Waals surface area contributed by atoms with Gasteiger partial charge in [0.15, 0.2) is 0 Å². The van der Waals surface area contributed by atoms with E-state index < -0.39 is 9.04 Å². The van der Waals surface area contributed by atoms with Crippen LogP contribution in [0.3, 0.4) is 0 Å². The molecule has 2 aromatic rings. The Labute approximate surface area is 345 Å². The first kappa shape index (κ1) is 49.2. The summed E-state index contributed by atoms with van der Waals surface area (Å²) in [5.41, 5.74) is 0.150. The van der Waals surface area contributed by atoms with Gasteiger partial charge in [0, 0.05) is 0 Å². The van der Waals surface area contributed by atoms with Crippen LogP contribution in [-0.2, 0) is 4.43 Å². The molecular weight excluding hydrogens is 681 g/mol. The largest absolute Gasteiger partial charge is 0.407 e. The van der Waals surface area contributed by atoms with Crippen molar-refractivity contribution >= 4 is 19.4 Å². The van der Waals surface area contributed by atoms with Gasteiger partial charge in [0.05, 0.1) is 6.10 Å². The lowest BCUT2D eigenvalue weighted by molar-refractivity contribution is 0.0788. The molecule has 1 unspecified atom stereocenters. The van der Waals surface area contributed by atoms with Gasteiger partial charge in [0.2, 0.25) is 9.04 Å². The number of rotatable bonds is 37. The van der Waals surface area contributed by atoms with Gasteiger partial charge in [-0.2, -0.15) is 0 Å². The van der Waals surface area contributed by atoms with Crippen molar-refractivity contribution in [1.82, 2.24) is 0 Å². The predicted octanol–water partition coefficient (Wildman–Crippen LogP) is 16.2. The molecule has 2 heteroatoms. The molecule has 0 saturated carbocycles. The molecule has 0 radical (unpaired) electrons. The first-order valence-corrected chi connectivity index (χ1v) is 25.7. The third-order valence-corrected chi connectivity index (χ3v) is 14.2. The molecule has 0 N–H and O–H groups in total. The second-order valence-corrected chi connectivity index (χ2v) is 20.3. The minimum Gasteiger partial charge on any atom is -0.407 e. The van der Waals surface area contributed by atoms with Gasteiger partial charge in [-0.1, -0.05) is 260 Å². The van der Waals surface area contributed by atoms with Crippen molar-refractivity contribution in [3.63, 3.8) is 0 Å². The van der Waals surface area contributed by atoms with E-state index in [-0.39, 0.29) is 5.41 Å². The Hall–Kier alpha value is -1.90. The minimum atomic E-state index is -1.72. The van der Waals surface area contributed by atoms with Crippen LogP contribution in [0.1, 0.15) is 227 Å². The topological polar surface area (TPSA) is 9.23 Å². The lowest BCUT2D eigenvalue weighted by Crippen LogP contribution is -2.49. The predicted molar refractivity (Wildman–Crippen MR) is 251 cm³/mol. The molecular formula is C53H90OSi. The summed E-state index contributed by atoms with van der Waals surface area (Å²) in [4.78, 5) is 0. The fourth-order valence-corrected chi connectivity index (χ4v) is 10.6. The standard InChI is InChI=1S/C53H90OSi/c1-5-6-7-8-9-10-11-12-13-14-15-16-17-18-19-20-21-22-23-24-25-26-27-28-29-30-31-32-33-34-35-36-37-44-49-52(53(2,3)4)54-55(50-45-40-38-41-46-50)51-47-42-39-43-48-51/h8-9,17-18,38-43,45-48,52,55H,5-7,10-16,19-37,44,49H2,1-4H3. The van der Waals surface area contributed by atoms with E-state index in [0.717, 1.165) is 0 Å². The van der Waals surface area contributed by atoms with E-state index >= 15 is 0 Å². The fourth-order valence-electron chi connectivity index (χ4n) is 7.92. The molecule has 0 aliphatic rings. The molecule has 1 nitrogen and oxygen atoms in total. The van der Waals surface area contributed by atoms with Gasteiger partial charge in [0.1, 0.15) is 0 Å². The van der Waals surface area contributed by atoms with E-state index in [2.05, 4.69) is 113 Å². The summed E-state index contributed by atoms with van der Waals surface area (Å²) in [5.74, 6) is 0. The molecule has 0 heterocycles. The summed E-state index contributed by atoms with van der Waals surface area (Å²) >= 11 is 0. The highest BCUT2D eigenvalue weighted by molar-refractivity contribution is 6.80. The van der Waals surface area contributed by atoms with Gasteiger partial charge >= 0.3 is 0 Å². The number of hydrogen-bond donors (Lipinski definition) is 0. The number of allylic oxidation sites excluding steroid dienone is 4. The zero-order valence-electron chi connectivity index (χ0n) is 37.1. The SMILES string of the molecule is CCCCC=CCCCCCCCC=CCCCCCCCCCCCCCCCCCCCCCC(O[SiH](c1ccccc1)c1ccccc1)C(C)(C)C. The molecule has 0 aromatic heterocycles. The van der Waals surface area contributed by atoms with E-state index in [1.807, 2.05) is 0 Å². The van der Waals surface area contributed by atoms with Crippen LogP contribution in [0, 0.1) is 5.41 Å². The number of benzene rings is 2. The van der Waals surface area contributed by atoms with Crippen LogP contribution in [0.5, 0.6) is 0 Å². The maximum Gasteiger partial charge on any atom is 0.240 e. The highest BCUT2D eigenvalue weighted by Gasteiger charge is 2.30. The first-order valence-electron chi connectivity index (χ1n) is 24.1. The van der Waals surface area contributed by atoms with Gasteiger partial charge in [-0.3, -0.25) is 0 Å². The van der Waals surface area contributed by atoms with Crippen LogP contribution in [0.4, 0.5) is 0 Å². The molecule has 0 spiro atoms. The second kappa shape index (κ2) is 35.3. The third-order valence-electron chi connectivity index (χ3n) is 11.6. The zero-order chi connectivity index (χ0) is 39.3. The zero-order valence-corrected chi connectivity index (χ0v) is 38.2. The summed E-state index contributed by atoms with van der Waals surface area (Å²) in [6.07, 6.45) is 53.1. The minimum absolute atomic E-state index is 0.150. The monoisotopic (exact) mass is 771 g/mol. The van der Waals surface area contributed by atoms with Crippen LogP contribution in [0.15, 0.2) is 85.0 Å². The first-order chi connectivity index (χ1) is 27.0. The molecule has 0 fully saturated rings. The molecule has 0 aliphatic heterocycles. The van der Waals surface area contributed by atoms with Crippen molar-refractivity contribution in [2.45, 2.75) is 233 Å². The molecule has 0 amide bonds. The Bertz CT molecular complexity index is 1090. The maximum atomic E-state index is 7.09. The lowest BCUT2D eigenvalue weighted by Gasteiger charge is -2.34. The van der Waals surface area contributed by atoms with Crippen LogP contribution >= 0.6 is 0 Å². The van der Waals surface area contributed by atoms with Crippen molar-refractivity contribution in [2.24, 2.45) is 5.41 Å². The maximum absolute atomic E-state index is 7.09. The average Bonchev–Trinajstić information content (AvgIpc) is 3.19. The van der Waals surface area contributed by atoms with E-state index in [1.165, 1.54) is 209 Å². The molecule has 2 rings (SSSR count). The van der Waals surface area contributed by atoms with Gasteiger partial charge < -0.3 is 4.43 Å². The molecule has 0 bridgehead atoms. The Kier molecular flexibility index (Phi) is 31.6. The van der Waals surface area contributed by atoms with Gasteiger partial charge in [-0.25, -0.2) is 0 Å². The fraction of sp³-hybridized carbons (Fsp3) is 0.698. The van der Waals surface area contributed by atoms with Crippen LogP contribution < -0.4 is 10.4 Å². The highest BCUT2D eigenvalue weighted by Crippen LogP contribution is 2.28. The van der Waals surface area contributed by atoms with Crippen LogP contribution in [0.2, 0.25) is 0 Å². The molecule has 0 saturated heterocycles. The summed E-state index contributed by atoms with van der Waals surface area (Å²) < 4.78 is 7.09. The Morgan fingerprint density at radius 3 is 1.02 bits per heavy atom. The van der Waals surface area contributed by atoms with Crippen molar-refractivity contribution in [3.05, 3.63) is 85.0 Å². The number of hydrogen-bond acceptors (Lipinski definition) is 1. The number of unbranched alkanes of at least 4 members (excludes halogenated alkanes) is 27. The molecule has 1 atom stereocenters. The Balaban J connectivity index is 1.32. The van der Waals surface area contributed by atoms with Crippen LogP contribution in [-0.4, -0.2) is 15.1 Å². The second-order valence-electron chi connectivity index (χ2n) is 17.9. The van der Waals surface area contributed by atoms with Crippen molar-refractivity contribution in [3.8, 4) is 0 Å². The quantitative estimate of drug-likeness (QED) is 0.0378. The van der Waals surface area contributed by atoms with Gasteiger partial charge in [-0.15, -0.1) is 0 Å². The molecule has 0 aliphatic carbocycles. The Morgan fingerprint density at radius 2 is 0.709 bits per heavy atom. The lowest BCUT2D eigenvalue weighted by atomic mass is 9.86. The summed E-state index contributed by atoms with van der Waals surface area (Å²) in [6, 6.07) is 22.0. The van der Waals surface area contributed by atoms with E-state index in [1.54, 1.807) is 0 Å². The van der Waals surface area contributed by atoms with E-state index in [4.69, 9.17) is 4.43 Å². The van der Waals surface area contributed by atoms with E-state index in [0.29, 0.717) is 6.10 Å².